The molecule has 0 bridgehead atoms. The molecule has 0 spiro atoms. The van der Waals surface area contributed by atoms with Crippen LogP contribution in [0.25, 0.3) is 0 Å². The minimum Gasteiger partial charge on any atom is -0.487 e. The fraction of sp³-hybridized carbons (Fsp3) is 0.0909. The van der Waals surface area contributed by atoms with Gasteiger partial charge in [0.1, 0.15) is 12.4 Å². The Morgan fingerprint density at radius 2 is 1.80 bits per heavy atom. The number of anilines is 1. The molecule has 0 radical (unpaired) electrons. The van der Waals surface area contributed by atoms with Crippen molar-refractivity contribution >= 4 is 5.69 Å². The van der Waals surface area contributed by atoms with Gasteiger partial charge in [-0.25, -0.2) is 0 Å². The minimum absolute atomic E-state index is 0.483. The molecule has 0 amide bonds. The molecule has 15 heavy (non-hydrogen) atoms. The average molecular weight is 201 g/mol. The van der Waals surface area contributed by atoms with E-state index in [0.717, 1.165) is 5.56 Å². The maximum Gasteiger partial charge on any atom is 0.145 e. The summed E-state index contributed by atoms with van der Waals surface area (Å²) in [6.45, 7) is 0.483. The van der Waals surface area contributed by atoms with Gasteiger partial charge in [0.2, 0.25) is 0 Å². The Kier molecular flexibility index (Phi) is 2.78. The monoisotopic (exact) mass is 201 g/mol. The molecule has 0 saturated heterocycles. The van der Waals surface area contributed by atoms with Gasteiger partial charge in [0.15, 0.2) is 0 Å². The van der Waals surface area contributed by atoms with Gasteiger partial charge >= 0.3 is 0 Å². The van der Waals surface area contributed by atoms with Gasteiger partial charge in [-0.1, -0.05) is 0 Å². The van der Waals surface area contributed by atoms with E-state index in [1.54, 1.807) is 30.9 Å². The molecule has 2 aromatic heterocycles. The van der Waals surface area contributed by atoms with Gasteiger partial charge in [-0.05, 0) is 17.7 Å². The second-order valence-corrected chi connectivity index (χ2v) is 3.06. The van der Waals surface area contributed by atoms with Crippen LogP contribution in [0.5, 0.6) is 5.75 Å². The van der Waals surface area contributed by atoms with E-state index in [4.69, 9.17) is 10.5 Å². The third-order valence-electron chi connectivity index (χ3n) is 1.95. The molecule has 0 fully saturated rings. The van der Waals surface area contributed by atoms with E-state index >= 15 is 0 Å². The second kappa shape index (κ2) is 4.41. The number of rotatable bonds is 3. The Morgan fingerprint density at radius 3 is 2.53 bits per heavy atom. The van der Waals surface area contributed by atoms with Gasteiger partial charge in [0, 0.05) is 24.7 Å². The van der Waals surface area contributed by atoms with Crippen molar-refractivity contribution in [1.29, 1.82) is 0 Å². The summed E-state index contributed by atoms with van der Waals surface area (Å²) in [6, 6.07) is 5.55. The zero-order valence-corrected chi connectivity index (χ0v) is 8.13. The molecule has 2 rings (SSSR count). The van der Waals surface area contributed by atoms with Gasteiger partial charge in [0.05, 0.1) is 11.9 Å². The first-order valence-corrected chi connectivity index (χ1v) is 4.57. The summed E-state index contributed by atoms with van der Waals surface area (Å²) < 4.78 is 5.53. The number of pyridine rings is 2. The van der Waals surface area contributed by atoms with Crippen LogP contribution < -0.4 is 10.5 Å². The van der Waals surface area contributed by atoms with E-state index in [1.807, 2.05) is 12.1 Å². The molecule has 0 aliphatic rings. The van der Waals surface area contributed by atoms with Crippen molar-refractivity contribution < 1.29 is 4.74 Å². The van der Waals surface area contributed by atoms with Crippen LogP contribution in [0.3, 0.4) is 0 Å². The Morgan fingerprint density at radius 1 is 1.07 bits per heavy atom. The van der Waals surface area contributed by atoms with Gasteiger partial charge in [0.25, 0.3) is 0 Å². The molecule has 0 saturated carbocycles. The third-order valence-corrected chi connectivity index (χ3v) is 1.95. The fourth-order valence-corrected chi connectivity index (χ4v) is 1.17. The van der Waals surface area contributed by atoms with Crippen LogP contribution in [-0.4, -0.2) is 9.97 Å². The Bertz CT molecular complexity index is 431. The second-order valence-electron chi connectivity index (χ2n) is 3.06. The number of nitrogens with two attached hydrogens (primary N) is 1. The highest BCUT2D eigenvalue weighted by atomic mass is 16.5. The molecular formula is C11H11N3O. The molecule has 2 N–H and O–H groups in total. The Hall–Kier alpha value is -2.10. The lowest BCUT2D eigenvalue weighted by Gasteiger charge is -2.07. The molecule has 76 valence electrons. The maximum absolute atomic E-state index is 5.68. The molecule has 0 aliphatic carbocycles. The van der Waals surface area contributed by atoms with Crippen LogP contribution >= 0.6 is 0 Å². The van der Waals surface area contributed by atoms with E-state index in [1.165, 1.54) is 0 Å². The number of hydrogen-bond acceptors (Lipinski definition) is 4. The number of aromatic nitrogens is 2. The normalized spacial score (nSPS) is 9.87. The highest BCUT2D eigenvalue weighted by Crippen LogP contribution is 2.19. The molecule has 4 heteroatoms. The summed E-state index contributed by atoms with van der Waals surface area (Å²) >= 11 is 0. The standard InChI is InChI=1S/C11H11N3O/c12-10-7-14-6-3-11(10)15-8-9-1-4-13-5-2-9/h1-7H,8,12H2. The summed E-state index contributed by atoms with van der Waals surface area (Å²) in [5.74, 6) is 0.654. The number of nitrogens with zero attached hydrogens (tertiary/aromatic N) is 2. The van der Waals surface area contributed by atoms with E-state index in [-0.39, 0.29) is 0 Å². The molecule has 0 aliphatic heterocycles. The number of ether oxygens (including phenoxy) is 1. The minimum atomic E-state index is 0.483. The summed E-state index contributed by atoms with van der Waals surface area (Å²) in [6.07, 6.45) is 6.68. The molecule has 0 unspecified atom stereocenters. The lowest BCUT2D eigenvalue weighted by Crippen LogP contribution is -1.98. The van der Waals surface area contributed by atoms with Crippen LogP contribution in [0, 0.1) is 0 Å². The number of hydrogen-bond donors (Lipinski definition) is 1. The first-order valence-electron chi connectivity index (χ1n) is 4.57. The molecule has 2 aromatic rings. The Balaban J connectivity index is 2.03. The van der Waals surface area contributed by atoms with Crippen molar-refractivity contribution in [3.8, 4) is 5.75 Å². The van der Waals surface area contributed by atoms with Gasteiger partial charge in [-0.15, -0.1) is 0 Å². The summed E-state index contributed by atoms with van der Waals surface area (Å²) in [5.41, 5.74) is 7.29. The van der Waals surface area contributed by atoms with Gasteiger partial charge < -0.3 is 10.5 Å². The fourth-order valence-electron chi connectivity index (χ4n) is 1.17. The first-order chi connectivity index (χ1) is 7.36. The molecule has 0 atom stereocenters. The van der Waals surface area contributed by atoms with Crippen molar-refractivity contribution in [2.75, 3.05) is 5.73 Å². The van der Waals surface area contributed by atoms with Gasteiger partial charge in [-0.2, -0.15) is 0 Å². The predicted octanol–water partition coefficient (Wildman–Crippen LogP) is 1.64. The molecule has 2 heterocycles. The number of nitrogen functional groups attached to an aromatic ring is 1. The van der Waals surface area contributed by atoms with Crippen LogP contribution in [0.1, 0.15) is 5.56 Å². The maximum atomic E-state index is 5.68. The van der Waals surface area contributed by atoms with Crippen molar-refractivity contribution in [2.45, 2.75) is 6.61 Å². The molecule has 4 nitrogen and oxygen atoms in total. The molecule has 0 aromatic carbocycles. The topological polar surface area (TPSA) is 61.0 Å². The SMILES string of the molecule is Nc1cnccc1OCc1ccncc1. The van der Waals surface area contributed by atoms with E-state index < -0.39 is 0 Å². The van der Waals surface area contributed by atoms with Crippen LogP contribution in [-0.2, 0) is 6.61 Å². The van der Waals surface area contributed by atoms with Crippen molar-refractivity contribution in [2.24, 2.45) is 0 Å². The van der Waals surface area contributed by atoms with Crippen molar-refractivity contribution in [3.63, 3.8) is 0 Å². The lowest BCUT2D eigenvalue weighted by atomic mass is 10.3. The van der Waals surface area contributed by atoms with Gasteiger partial charge in [-0.3, -0.25) is 9.97 Å². The van der Waals surface area contributed by atoms with E-state index in [2.05, 4.69) is 9.97 Å². The lowest BCUT2D eigenvalue weighted by molar-refractivity contribution is 0.307. The van der Waals surface area contributed by atoms with E-state index in [9.17, 15) is 0 Å². The largest absolute Gasteiger partial charge is 0.487 e. The summed E-state index contributed by atoms with van der Waals surface area (Å²) in [5, 5.41) is 0. The van der Waals surface area contributed by atoms with Crippen LogP contribution in [0.4, 0.5) is 5.69 Å². The van der Waals surface area contributed by atoms with Crippen molar-refractivity contribution in [1.82, 2.24) is 9.97 Å². The summed E-state index contributed by atoms with van der Waals surface area (Å²) in [4.78, 5) is 7.81. The predicted molar refractivity (Wildman–Crippen MR) is 57.2 cm³/mol. The third kappa shape index (κ3) is 2.43. The molecular weight excluding hydrogens is 190 g/mol. The highest BCUT2D eigenvalue weighted by molar-refractivity contribution is 5.49. The first kappa shape index (κ1) is 9.45. The smallest absolute Gasteiger partial charge is 0.145 e. The zero-order chi connectivity index (χ0) is 10.5. The van der Waals surface area contributed by atoms with Crippen molar-refractivity contribution in [3.05, 3.63) is 48.5 Å². The Labute approximate surface area is 87.7 Å². The quantitative estimate of drug-likeness (QED) is 0.820. The zero-order valence-electron chi connectivity index (χ0n) is 8.13. The highest BCUT2D eigenvalue weighted by Gasteiger charge is 1.99. The summed E-state index contributed by atoms with van der Waals surface area (Å²) in [7, 11) is 0. The van der Waals surface area contributed by atoms with Crippen LogP contribution in [0.2, 0.25) is 0 Å². The average Bonchev–Trinajstić information content (AvgIpc) is 2.29. The van der Waals surface area contributed by atoms with Crippen LogP contribution in [0.15, 0.2) is 43.0 Å². The van der Waals surface area contributed by atoms with E-state index in [0.29, 0.717) is 18.0 Å².